The molecule has 0 aliphatic rings. The van der Waals surface area contributed by atoms with Crippen LogP contribution in [0.25, 0.3) is 0 Å². The van der Waals surface area contributed by atoms with Crippen molar-refractivity contribution >= 4 is 32.1 Å². The molecule has 1 rings (SSSR count). The Morgan fingerprint density at radius 3 is 2.60 bits per heavy atom. The second-order valence-electron chi connectivity index (χ2n) is 1.53. The Morgan fingerprint density at radius 2 is 2.10 bits per heavy atom. The molecule has 0 atom stereocenters. The fraction of sp³-hybridized carbons (Fsp3) is 0. The van der Waals surface area contributed by atoms with Gasteiger partial charge in [0, 0.05) is 6.20 Å². The van der Waals surface area contributed by atoms with Crippen molar-refractivity contribution in [2.75, 3.05) is 0 Å². The van der Waals surface area contributed by atoms with Crippen LogP contribution >= 0.6 is 32.1 Å². The molecule has 0 aliphatic carbocycles. The third kappa shape index (κ3) is 1.22. The number of halogens is 2. The van der Waals surface area contributed by atoms with E-state index in [-0.39, 0.29) is 0 Å². The third-order valence-electron chi connectivity index (χ3n) is 0.883. The van der Waals surface area contributed by atoms with E-state index in [0.29, 0.717) is 4.47 Å². The lowest BCUT2D eigenvalue weighted by atomic mass is 10.7. The van der Waals surface area contributed by atoms with Gasteiger partial charge in [-0.1, -0.05) is 0 Å². The number of rotatable bonds is 0. The molecule has 0 spiro atoms. The SMILES string of the molecule is O=c1[nH]cc(Br)c(=O)n1Br. The zero-order chi connectivity index (χ0) is 7.72. The lowest BCUT2D eigenvalue weighted by molar-refractivity contribution is 0.982. The van der Waals surface area contributed by atoms with E-state index in [0.717, 1.165) is 3.59 Å². The van der Waals surface area contributed by atoms with Gasteiger partial charge in [0.2, 0.25) is 0 Å². The maximum atomic E-state index is 10.8. The minimum Gasteiger partial charge on any atom is -0.312 e. The van der Waals surface area contributed by atoms with Gasteiger partial charge in [-0.05, 0) is 15.9 Å². The maximum Gasteiger partial charge on any atom is 0.338 e. The standard InChI is InChI=1S/C4H2Br2N2O2/c5-2-1-7-4(10)8(6)3(2)9/h1H,(H,7,10). The monoisotopic (exact) mass is 268 g/mol. The zero-order valence-electron chi connectivity index (χ0n) is 4.60. The molecule has 1 N–H and O–H groups in total. The number of aromatic nitrogens is 2. The molecule has 0 unspecified atom stereocenters. The van der Waals surface area contributed by atoms with Gasteiger partial charge in [-0.25, -0.2) is 4.79 Å². The van der Waals surface area contributed by atoms with Crippen LogP contribution in [-0.4, -0.2) is 8.58 Å². The van der Waals surface area contributed by atoms with Crippen LogP contribution in [0.4, 0.5) is 0 Å². The molecule has 0 saturated heterocycles. The molecule has 0 fully saturated rings. The largest absolute Gasteiger partial charge is 0.338 e. The summed E-state index contributed by atoms with van der Waals surface area (Å²) in [7, 11) is 0. The molecule has 1 aromatic rings. The van der Waals surface area contributed by atoms with Crippen LogP contribution in [0, 0.1) is 0 Å². The van der Waals surface area contributed by atoms with Crippen molar-refractivity contribution in [1.29, 1.82) is 0 Å². The van der Waals surface area contributed by atoms with Gasteiger partial charge in [0.1, 0.15) is 4.47 Å². The first-order chi connectivity index (χ1) is 4.63. The van der Waals surface area contributed by atoms with Gasteiger partial charge in [0.05, 0.1) is 16.1 Å². The Bertz CT molecular complexity index is 353. The van der Waals surface area contributed by atoms with Crippen molar-refractivity contribution in [3.8, 4) is 0 Å². The molecule has 6 heteroatoms. The van der Waals surface area contributed by atoms with Crippen molar-refractivity contribution in [1.82, 2.24) is 8.58 Å². The Hall–Kier alpha value is -0.360. The van der Waals surface area contributed by atoms with Crippen molar-refractivity contribution < 1.29 is 0 Å². The van der Waals surface area contributed by atoms with Gasteiger partial charge in [-0.15, -0.1) is 0 Å². The van der Waals surface area contributed by atoms with E-state index in [4.69, 9.17) is 0 Å². The van der Waals surface area contributed by atoms with E-state index < -0.39 is 11.2 Å². The Morgan fingerprint density at radius 1 is 1.50 bits per heavy atom. The summed E-state index contributed by atoms with van der Waals surface area (Å²) < 4.78 is 1.11. The summed E-state index contributed by atoms with van der Waals surface area (Å²) in [6, 6.07) is 0. The molecule has 0 aromatic carbocycles. The van der Waals surface area contributed by atoms with Crippen molar-refractivity contribution in [2.45, 2.75) is 0 Å². The first kappa shape index (κ1) is 7.74. The first-order valence-electron chi connectivity index (χ1n) is 2.29. The second-order valence-corrected chi connectivity index (χ2v) is 3.09. The molecular formula is C4H2Br2N2O2. The van der Waals surface area contributed by atoms with Crippen LogP contribution in [0.1, 0.15) is 0 Å². The van der Waals surface area contributed by atoms with E-state index in [1.807, 2.05) is 0 Å². The Balaban J connectivity index is 3.66. The number of aromatic amines is 1. The number of nitrogens with zero attached hydrogens (tertiary/aromatic N) is 1. The minimum absolute atomic E-state index is 0.309. The average Bonchev–Trinajstić information content (AvgIpc) is 1.93. The van der Waals surface area contributed by atoms with E-state index in [2.05, 4.69) is 37.1 Å². The molecule has 0 amide bonds. The first-order valence-corrected chi connectivity index (χ1v) is 3.79. The molecule has 0 saturated carbocycles. The quantitative estimate of drug-likeness (QED) is 0.744. The van der Waals surface area contributed by atoms with E-state index in [1.165, 1.54) is 6.20 Å². The number of hydrogen-bond acceptors (Lipinski definition) is 2. The zero-order valence-corrected chi connectivity index (χ0v) is 7.77. The van der Waals surface area contributed by atoms with Crippen molar-refractivity contribution in [3.63, 3.8) is 0 Å². The van der Waals surface area contributed by atoms with Gasteiger partial charge in [-0.2, -0.15) is 3.59 Å². The molecule has 0 aliphatic heterocycles. The van der Waals surface area contributed by atoms with Crippen LogP contribution in [0.3, 0.4) is 0 Å². The lowest BCUT2D eigenvalue weighted by Crippen LogP contribution is -2.28. The number of hydrogen-bond donors (Lipinski definition) is 1. The van der Waals surface area contributed by atoms with Crippen LogP contribution in [-0.2, 0) is 0 Å². The normalized spacial score (nSPS) is 9.80. The highest BCUT2D eigenvalue weighted by atomic mass is 79.9. The molecular weight excluding hydrogens is 268 g/mol. The smallest absolute Gasteiger partial charge is 0.312 e. The molecule has 0 bridgehead atoms. The molecule has 4 nitrogen and oxygen atoms in total. The highest BCUT2D eigenvalue weighted by Gasteiger charge is 1.99. The molecule has 54 valence electrons. The number of nitrogens with one attached hydrogen (secondary N) is 1. The summed E-state index contributed by atoms with van der Waals surface area (Å²) >= 11 is 5.71. The summed E-state index contributed by atoms with van der Waals surface area (Å²) in [6.07, 6.45) is 1.29. The molecule has 0 radical (unpaired) electrons. The van der Waals surface area contributed by atoms with Crippen molar-refractivity contribution in [3.05, 3.63) is 31.5 Å². The molecule has 10 heavy (non-hydrogen) atoms. The fourth-order valence-electron chi connectivity index (χ4n) is 0.430. The molecule has 1 heterocycles. The lowest BCUT2D eigenvalue weighted by Gasteiger charge is -1.90. The summed E-state index contributed by atoms with van der Waals surface area (Å²) in [5.41, 5.74) is -0.906. The minimum atomic E-state index is -0.492. The Labute approximate surface area is 72.3 Å². The van der Waals surface area contributed by atoms with E-state index >= 15 is 0 Å². The van der Waals surface area contributed by atoms with Crippen LogP contribution in [0.5, 0.6) is 0 Å². The van der Waals surface area contributed by atoms with E-state index in [9.17, 15) is 9.59 Å². The second kappa shape index (κ2) is 2.71. The topological polar surface area (TPSA) is 54.9 Å². The third-order valence-corrected chi connectivity index (χ3v) is 2.10. The van der Waals surface area contributed by atoms with Crippen LogP contribution in [0.2, 0.25) is 0 Å². The van der Waals surface area contributed by atoms with Crippen LogP contribution < -0.4 is 11.2 Å². The fourth-order valence-corrected chi connectivity index (χ4v) is 1.25. The van der Waals surface area contributed by atoms with E-state index in [1.54, 1.807) is 0 Å². The summed E-state index contributed by atoms with van der Waals surface area (Å²) in [5, 5.41) is 0. The van der Waals surface area contributed by atoms with Gasteiger partial charge in [0.25, 0.3) is 5.56 Å². The van der Waals surface area contributed by atoms with Crippen LogP contribution in [0.15, 0.2) is 20.3 Å². The summed E-state index contributed by atoms with van der Waals surface area (Å²) in [4.78, 5) is 23.8. The van der Waals surface area contributed by atoms with Gasteiger partial charge >= 0.3 is 5.69 Å². The van der Waals surface area contributed by atoms with Gasteiger partial charge in [0.15, 0.2) is 0 Å². The summed E-state index contributed by atoms with van der Waals surface area (Å²) in [6.45, 7) is 0. The predicted octanol–water partition coefficient (Wildman–Crippen LogP) is 0.457. The maximum absolute atomic E-state index is 10.8. The summed E-state index contributed by atoms with van der Waals surface area (Å²) in [5.74, 6) is 0. The average molecular weight is 270 g/mol. The Kier molecular flexibility index (Phi) is 2.10. The van der Waals surface area contributed by atoms with Gasteiger partial charge in [-0.3, -0.25) is 4.79 Å². The van der Waals surface area contributed by atoms with Crippen molar-refractivity contribution in [2.24, 2.45) is 0 Å². The predicted molar refractivity (Wildman–Crippen MR) is 43.3 cm³/mol. The number of H-pyrrole nitrogens is 1. The molecule has 1 aromatic heterocycles. The highest BCUT2D eigenvalue weighted by Crippen LogP contribution is 1.96. The van der Waals surface area contributed by atoms with Gasteiger partial charge < -0.3 is 4.98 Å². The highest BCUT2D eigenvalue weighted by molar-refractivity contribution is 9.10.